The van der Waals surface area contributed by atoms with E-state index in [0.717, 1.165) is 15.6 Å². The Morgan fingerprint density at radius 1 is 1.26 bits per heavy atom. The quantitative estimate of drug-likeness (QED) is 0.677. The lowest BCUT2D eigenvalue weighted by Crippen LogP contribution is -2.28. The molecule has 0 aliphatic rings. The first-order valence-corrected chi connectivity index (χ1v) is 9.96. The van der Waals surface area contributed by atoms with E-state index in [4.69, 9.17) is 27.9 Å². The number of imidazole rings is 1. The summed E-state index contributed by atoms with van der Waals surface area (Å²) in [5, 5.41) is 4.13. The number of imide groups is 1. The van der Waals surface area contributed by atoms with Crippen LogP contribution in [0.4, 0.5) is 4.79 Å². The molecular weight excluding hydrogens is 409 g/mol. The van der Waals surface area contributed by atoms with E-state index in [1.807, 2.05) is 37.5 Å². The average Bonchev–Trinajstić information content (AvgIpc) is 2.89. The van der Waals surface area contributed by atoms with E-state index < -0.39 is 12.0 Å². The number of benzene rings is 1. The summed E-state index contributed by atoms with van der Waals surface area (Å²) >= 11 is 13.7. The van der Waals surface area contributed by atoms with Gasteiger partial charge in [-0.25, -0.2) is 9.78 Å². The number of rotatable bonds is 6. The third-order valence-electron chi connectivity index (χ3n) is 3.55. The van der Waals surface area contributed by atoms with Crippen LogP contribution in [0.5, 0.6) is 0 Å². The SMILES string of the molecule is CCn1c(COC(=O)NC(C)=O)nc(C(C)C)c1Sc1cc(Cl)cc(Cl)c1. The van der Waals surface area contributed by atoms with Crippen LogP contribution in [0.25, 0.3) is 0 Å². The summed E-state index contributed by atoms with van der Waals surface area (Å²) in [4.78, 5) is 28.1. The fourth-order valence-corrected chi connectivity index (χ4v) is 4.41. The minimum absolute atomic E-state index is 0.0382. The van der Waals surface area contributed by atoms with Crippen LogP contribution in [-0.2, 0) is 22.7 Å². The van der Waals surface area contributed by atoms with Gasteiger partial charge in [-0.2, -0.15) is 0 Å². The molecule has 1 aromatic carbocycles. The van der Waals surface area contributed by atoms with Crippen molar-refractivity contribution in [2.75, 3.05) is 0 Å². The molecule has 0 bridgehead atoms. The maximum absolute atomic E-state index is 11.6. The van der Waals surface area contributed by atoms with Crippen LogP contribution < -0.4 is 5.32 Å². The molecule has 0 spiro atoms. The molecule has 9 heteroatoms. The van der Waals surface area contributed by atoms with Crippen molar-refractivity contribution in [3.8, 4) is 0 Å². The molecule has 6 nitrogen and oxygen atoms in total. The second kappa shape index (κ2) is 9.48. The summed E-state index contributed by atoms with van der Waals surface area (Å²) in [5.74, 6) is 0.297. The van der Waals surface area contributed by atoms with Crippen molar-refractivity contribution in [2.45, 2.75) is 56.7 Å². The Kier molecular flexibility index (Phi) is 7.59. The molecule has 2 rings (SSSR count). The molecule has 2 amide bonds. The van der Waals surface area contributed by atoms with Crippen LogP contribution in [0, 0.1) is 0 Å². The number of amides is 2. The number of hydrogen-bond acceptors (Lipinski definition) is 5. The summed E-state index contributed by atoms with van der Waals surface area (Å²) in [5.41, 5.74) is 0.892. The van der Waals surface area contributed by atoms with Crippen LogP contribution >= 0.6 is 35.0 Å². The molecular formula is C18H21Cl2N3O3S. The number of nitrogens with zero attached hydrogens (tertiary/aromatic N) is 2. The van der Waals surface area contributed by atoms with E-state index in [1.54, 1.807) is 6.07 Å². The lowest BCUT2D eigenvalue weighted by molar-refractivity contribution is -0.118. The predicted octanol–water partition coefficient (Wildman–Crippen LogP) is 5.26. The molecule has 0 fully saturated rings. The number of halogens is 2. The first-order chi connectivity index (χ1) is 12.7. The number of hydrogen-bond donors (Lipinski definition) is 1. The van der Waals surface area contributed by atoms with E-state index in [0.29, 0.717) is 22.4 Å². The van der Waals surface area contributed by atoms with Gasteiger partial charge in [0.1, 0.15) is 10.9 Å². The maximum atomic E-state index is 11.6. The summed E-state index contributed by atoms with van der Waals surface area (Å²) in [6.07, 6.45) is -0.796. The van der Waals surface area contributed by atoms with Crippen LogP contribution in [0.2, 0.25) is 10.0 Å². The minimum atomic E-state index is -0.796. The van der Waals surface area contributed by atoms with Crippen LogP contribution in [-0.4, -0.2) is 21.6 Å². The van der Waals surface area contributed by atoms with Gasteiger partial charge in [0.25, 0.3) is 0 Å². The van der Waals surface area contributed by atoms with Gasteiger partial charge in [0, 0.05) is 28.4 Å². The molecule has 2 aromatic rings. The van der Waals surface area contributed by atoms with Crippen LogP contribution in [0.1, 0.15) is 45.1 Å². The van der Waals surface area contributed by atoms with Crippen molar-refractivity contribution in [3.63, 3.8) is 0 Å². The molecule has 0 saturated heterocycles. The highest BCUT2D eigenvalue weighted by atomic mass is 35.5. The van der Waals surface area contributed by atoms with Gasteiger partial charge in [-0.3, -0.25) is 10.1 Å². The molecule has 0 aliphatic heterocycles. The Bertz CT molecular complexity index is 832. The predicted molar refractivity (Wildman–Crippen MR) is 107 cm³/mol. The van der Waals surface area contributed by atoms with Gasteiger partial charge in [-0.05, 0) is 31.0 Å². The zero-order chi connectivity index (χ0) is 20.1. The van der Waals surface area contributed by atoms with Crippen molar-refractivity contribution >= 4 is 47.0 Å². The van der Waals surface area contributed by atoms with Gasteiger partial charge >= 0.3 is 6.09 Å². The summed E-state index contributed by atoms with van der Waals surface area (Å²) in [6.45, 7) is 7.93. The normalized spacial score (nSPS) is 10.9. The first-order valence-electron chi connectivity index (χ1n) is 8.38. The van der Waals surface area contributed by atoms with Gasteiger partial charge in [0.2, 0.25) is 5.91 Å². The van der Waals surface area contributed by atoms with Gasteiger partial charge < -0.3 is 9.30 Å². The number of alkyl carbamates (subject to hydrolysis) is 1. The van der Waals surface area contributed by atoms with E-state index in [9.17, 15) is 9.59 Å². The van der Waals surface area contributed by atoms with Crippen LogP contribution in [0.15, 0.2) is 28.1 Å². The lowest BCUT2D eigenvalue weighted by Gasteiger charge is -2.12. The first kappa shape index (κ1) is 21.6. The van der Waals surface area contributed by atoms with Crippen molar-refractivity contribution in [1.82, 2.24) is 14.9 Å². The molecule has 27 heavy (non-hydrogen) atoms. The number of nitrogens with one attached hydrogen (secondary N) is 1. The minimum Gasteiger partial charge on any atom is -0.441 e. The highest BCUT2D eigenvalue weighted by Crippen LogP contribution is 2.37. The molecule has 1 heterocycles. The number of ether oxygens (including phenoxy) is 1. The molecule has 0 aliphatic carbocycles. The highest BCUT2D eigenvalue weighted by Gasteiger charge is 2.21. The number of carbonyl (C=O) groups excluding carboxylic acids is 2. The van der Waals surface area contributed by atoms with E-state index in [2.05, 4.69) is 10.3 Å². The molecule has 0 unspecified atom stereocenters. The Hall–Kier alpha value is -1.70. The fraction of sp³-hybridized carbons (Fsp3) is 0.389. The van der Waals surface area contributed by atoms with Crippen molar-refractivity contribution in [3.05, 3.63) is 39.8 Å². The molecule has 146 valence electrons. The van der Waals surface area contributed by atoms with Gasteiger partial charge in [0.15, 0.2) is 6.61 Å². The monoisotopic (exact) mass is 429 g/mol. The largest absolute Gasteiger partial charge is 0.441 e. The van der Waals surface area contributed by atoms with Gasteiger partial charge in [-0.1, -0.05) is 48.8 Å². The van der Waals surface area contributed by atoms with E-state index in [-0.39, 0.29) is 12.5 Å². The van der Waals surface area contributed by atoms with Crippen LogP contribution in [0.3, 0.4) is 0 Å². The maximum Gasteiger partial charge on any atom is 0.414 e. The van der Waals surface area contributed by atoms with E-state index in [1.165, 1.54) is 18.7 Å². The van der Waals surface area contributed by atoms with Crippen molar-refractivity contribution in [2.24, 2.45) is 0 Å². The van der Waals surface area contributed by atoms with Gasteiger partial charge in [-0.15, -0.1) is 0 Å². The standard InChI is InChI=1S/C18H21Cl2N3O3S/c1-5-23-15(9-26-18(25)21-11(4)24)22-16(10(2)3)17(23)27-14-7-12(19)6-13(20)8-14/h6-8,10H,5,9H2,1-4H3,(H,21,24,25). The Balaban J connectivity index is 2.33. The average molecular weight is 430 g/mol. The Morgan fingerprint density at radius 3 is 2.41 bits per heavy atom. The second-order valence-corrected chi connectivity index (χ2v) is 8.02. The third kappa shape index (κ3) is 5.89. The zero-order valence-electron chi connectivity index (χ0n) is 15.5. The second-order valence-electron chi connectivity index (χ2n) is 6.08. The lowest BCUT2D eigenvalue weighted by atomic mass is 10.1. The highest BCUT2D eigenvalue weighted by molar-refractivity contribution is 7.99. The Labute approximate surface area is 172 Å². The van der Waals surface area contributed by atoms with Gasteiger partial charge in [0.05, 0.1) is 5.69 Å². The molecule has 1 aromatic heterocycles. The fourth-order valence-electron chi connectivity index (χ4n) is 2.43. The van der Waals surface area contributed by atoms with Crippen molar-refractivity contribution < 1.29 is 14.3 Å². The Morgan fingerprint density at radius 2 is 1.89 bits per heavy atom. The van der Waals surface area contributed by atoms with Crippen molar-refractivity contribution in [1.29, 1.82) is 0 Å². The molecule has 0 saturated carbocycles. The number of carbonyl (C=O) groups is 2. The molecule has 0 radical (unpaired) electrons. The summed E-state index contributed by atoms with van der Waals surface area (Å²) < 4.78 is 7.09. The summed E-state index contributed by atoms with van der Waals surface area (Å²) in [7, 11) is 0. The molecule has 1 N–H and O–H groups in total. The van der Waals surface area contributed by atoms with E-state index >= 15 is 0 Å². The topological polar surface area (TPSA) is 73.2 Å². The summed E-state index contributed by atoms with van der Waals surface area (Å²) in [6, 6.07) is 5.36. The zero-order valence-corrected chi connectivity index (χ0v) is 17.8. The smallest absolute Gasteiger partial charge is 0.414 e. The molecule has 0 atom stereocenters. The number of aromatic nitrogens is 2. The third-order valence-corrected chi connectivity index (χ3v) is 5.08.